The number of nitrogens with zero attached hydrogens (tertiary/aromatic N) is 4. The summed E-state index contributed by atoms with van der Waals surface area (Å²) in [5.74, 6) is -1.85. The summed E-state index contributed by atoms with van der Waals surface area (Å²) in [5.41, 5.74) is -2.22. The predicted molar refractivity (Wildman–Crippen MR) is 68.2 cm³/mol. The summed E-state index contributed by atoms with van der Waals surface area (Å²) in [5, 5.41) is 0.169. The molecular weight excluding hydrogens is 350 g/mol. The summed E-state index contributed by atoms with van der Waals surface area (Å²) < 4.78 is 81.8. The highest BCUT2D eigenvalue weighted by atomic mass is 32.1. The number of halogens is 6. The molecule has 0 bridgehead atoms. The fourth-order valence-corrected chi connectivity index (χ4v) is 3.09. The maximum Gasteiger partial charge on any atom is 0.451 e. The molecule has 0 aromatic carbocycles. The van der Waals surface area contributed by atoms with Gasteiger partial charge in [-0.05, 0) is 0 Å². The second-order valence-electron chi connectivity index (χ2n) is 4.64. The summed E-state index contributed by atoms with van der Waals surface area (Å²) >= 11 is 0.624. The fraction of sp³-hybridized carbons (Fsp3) is 0.545. The largest absolute Gasteiger partial charge is 0.451 e. The van der Waals surface area contributed by atoms with E-state index in [0.29, 0.717) is 37.6 Å². The Bertz CT molecular complexity index is 722. The van der Waals surface area contributed by atoms with Crippen molar-refractivity contribution in [3.8, 4) is 0 Å². The van der Waals surface area contributed by atoms with Crippen LogP contribution in [0, 0.1) is 0 Å². The van der Waals surface area contributed by atoms with Gasteiger partial charge in [0.05, 0.1) is 13.2 Å². The minimum Gasteiger partial charge on any atom is -0.378 e. The van der Waals surface area contributed by atoms with Crippen molar-refractivity contribution in [2.45, 2.75) is 12.4 Å². The van der Waals surface area contributed by atoms with Crippen molar-refractivity contribution in [1.29, 1.82) is 0 Å². The number of anilines is 1. The molecule has 23 heavy (non-hydrogen) atoms. The molecule has 1 saturated heterocycles. The van der Waals surface area contributed by atoms with Crippen LogP contribution in [0.4, 0.5) is 31.5 Å². The number of ether oxygens (including phenoxy) is 1. The van der Waals surface area contributed by atoms with Crippen molar-refractivity contribution in [2.75, 3.05) is 31.2 Å². The van der Waals surface area contributed by atoms with E-state index in [1.807, 2.05) is 0 Å². The van der Waals surface area contributed by atoms with Crippen LogP contribution in [0.2, 0.25) is 0 Å². The van der Waals surface area contributed by atoms with Crippen LogP contribution in [0.15, 0.2) is 0 Å². The molecule has 1 aliphatic rings. The summed E-state index contributed by atoms with van der Waals surface area (Å²) in [6, 6.07) is 0. The van der Waals surface area contributed by atoms with Gasteiger partial charge in [0.25, 0.3) is 0 Å². The van der Waals surface area contributed by atoms with Crippen LogP contribution in [0.3, 0.4) is 0 Å². The van der Waals surface area contributed by atoms with E-state index in [9.17, 15) is 26.3 Å². The number of aromatic nitrogens is 3. The first-order valence-electron chi connectivity index (χ1n) is 6.32. The standard InChI is InChI=1S/C11H8F6N4OS/c12-10(13,14)6-5-7(19-8(18-6)11(15,16)17)20-9(23-5)21-1-3-22-4-2-21/h1-4H2. The number of hydrogen-bond donors (Lipinski definition) is 0. The summed E-state index contributed by atoms with van der Waals surface area (Å²) in [4.78, 5) is 11.3. The quantitative estimate of drug-likeness (QED) is 0.734. The fourth-order valence-electron chi connectivity index (χ4n) is 2.02. The Hall–Kier alpha value is -1.69. The number of morpholine rings is 1. The Balaban J connectivity index is 2.15. The van der Waals surface area contributed by atoms with Gasteiger partial charge in [-0.25, -0.2) is 9.97 Å². The molecule has 5 nitrogen and oxygen atoms in total. The molecule has 126 valence electrons. The molecule has 0 unspecified atom stereocenters. The van der Waals surface area contributed by atoms with Gasteiger partial charge in [0.1, 0.15) is 4.70 Å². The van der Waals surface area contributed by atoms with Crippen molar-refractivity contribution in [3.05, 3.63) is 11.5 Å². The smallest absolute Gasteiger partial charge is 0.378 e. The van der Waals surface area contributed by atoms with Crippen LogP contribution in [-0.2, 0) is 17.1 Å². The predicted octanol–water partition coefficient (Wildman–Crippen LogP) is 2.96. The van der Waals surface area contributed by atoms with Crippen molar-refractivity contribution in [3.63, 3.8) is 0 Å². The molecule has 0 atom stereocenters. The van der Waals surface area contributed by atoms with Crippen molar-refractivity contribution < 1.29 is 31.1 Å². The maximum atomic E-state index is 13.0. The summed E-state index contributed by atoms with van der Waals surface area (Å²) in [6.07, 6.45) is -10.1. The number of fused-ring (bicyclic) bond motifs is 1. The Morgan fingerprint density at radius 3 is 2.13 bits per heavy atom. The van der Waals surface area contributed by atoms with E-state index in [-0.39, 0.29) is 5.13 Å². The third kappa shape index (κ3) is 3.17. The highest BCUT2D eigenvalue weighted by molar-refractivity contribution is 7.22. The second kappa shape index (κ2) is 5.44. The van der Waals surface area contributed by atoms with Crippen LogP contribution in [0.1, 0.15) is 11.5 Å². The van der Waals surface area contributed by atoms with Crippen LogP contribution in [0.5, 0.6) is 0 Å². The Kier molecular flexibility index (Phi) is 3.83. The maximum absolute atomic E-state index is 13.0. The Labute approximate surface area is 128 Å². The van der Waals surface area contributed by atoms with Gasteiger partial charge >= 0.3 is 12.4 Å². The first-order valence-corrected chi connectivity index (χ1v) is 7.13. The molecule has 0 aliphatic carbocycles. The lowest BCUT2D eigenvalue weighted by molar-refractivity contribution is -0.151. The molecule has 2 aromatic rings. The van der Waals surface area contributed by atoms with E-state index in [2.05, 4.69) is 15.0 Å². The van der Waals surface area contributed by atoms with E-state index in [1.54, 1.807) is 4.90 Å². The zero-order chi connectivity index (χ0) is 16.8. The molecule has 12 heteroatoms. The second-order valence-corrected chi connectivity index (χ2v) is 5.62. The third-order valence-corrected chi connectivity index (χ3v) is 4.16. The van der Waals surface area contributed by atoms with Gasteiger partial charge < -0.3 is 9.64 Å². The zero-order valence-electron chi connectivity index (χ0n) is 11.2. The number of alkyl halides is 6. The van der Waals surface area contributed by atoms with Gasteiger partial charge in [-0.15, -0.1) is 0 Å². The van der Waals surface area contributed by atoms with Gasteiger partial charge in [0.15, 0.2) is 16.5 Å². The van der Waals surface area contributed by atoms with E-state index < -0.39 is 34.2 Å². The topological polar surface area (TPSA) is 51.1 Å². The van der Waals surface area contributed by atoms with Crippen molar-refractivity contribution in [2.24, 2.45) is 0 Å². The number of thiazole rings is 1. The average Bonchev–Trinajstić information content (AvgIpc) is 2.89. The van der Waals surface area contributed by atoms with Crippen LogP contribution < -0.4 is 4.90 Å². The lowest BCUT2D eigenvalue weighted by Gasteiger charge is -2.25. The molecule has 0 radical (unpaired) electrons. The van der Waals surface area contributed by atoms with E-state index in [1.165, 1.54) is 0 Å². The third-order valence-electron chi connectivity index (χ3n) is 3.05. The normalized spacial score (nSPS) is 17.0. The van der Waals surface area contributed by atoms with Gasteiger partial charge in [-0.3, -0.25) is 0 Å². The Morgan fingerprint density at radius 1 is 0.913 bits per heavy atom. The molecule has 0 N–H and O–H groups in total. The molecule has 3 rings (SSSR count). The molecular formula is C11H8F6N4OS. The molecule has 0 spiro atoms. The number of hydrogen-bond acceptors (Lipinski definition) is 6. The van der Waals surface area contributed by atoms with Crippen LogP contribution in [0.25, 0.3) is 10.3 Å². The molecule has 3 heterocycles. The first kappa shape index (κ1) is 16.2. The van der Waals surface area contributed by atoms with Gasteiger partial charge in [0, 0.05) is 13.1 Å². The molecule has 0 amide bonds. The molecule has 0 saturated carbocycles. The lowest BCUT2D eigenvalue weighted by Crippen LogP contribution is -2.36. The minimum atomic E-state index is -5.09. The van der Waals surface area contributed by atoms with Crippen molar-refractivity contribution in [1.82, 2.24) is 15.0 Å². The SMILES string of the molecule is FC(F)(F)c1nc(C(F)(F)F)c2sc(N3CCOCC3)nc2n1. The first-order chi connectivity index (χ1) is 10.7. The van der Waals surface area contributed by atoms with Gasteiger partial charge in [-0.1, -0.05) is 11.3 Å². The Morgan fingerprint density at radius 2 is 1.57 bits per heavy atom. The molecule has 2 aromatic heterocycles. The highest BCUT2D eigenvalue weighted by Crippen LogP contribution is 2.40. The number of rotatable bonds is 1. The van der Waals surface area contributed by atoms with E-state index >= 15 is 0 Å². The summed E-state index contributed by atoms with van der Waals surface area (Å²) in [6.45, 7) is 1.50. The lowest BCUT2D eigenvalue weighted by atomic mass is 10.3. The monoisotopic (exact) mass is 358 g/mol. The highest BCUT2D eigenvalue weighted by Gasteiger charge is 2.42. The molecule has 1 fully saturated rings. The average molecular weight is 358 g/mol. The van der Waals surface area contributed by atoms with Gasteiger partial charge in [0.2, 0.25) is 5.82 Å². The van der Waals surface area contributed by atoms with E-state index in [4.69, 9.17) is 4.74 Å². The van der Waals surface area contributed by atoms with E-state index in [0.717, 1.165) is 0 Å². The van der Waals surface area contributed by atoms with Crippen molar-refractivity contribution >= 4 is 26.8 Å². The minimum absolute atomic E-state index is 0.169. The molecule has 1 aliphatic heterocycles. The van der Waals surface area contributed by atoms with Crippen LogP contribution >= 0.6 is 11.3 Å². The van der Waals surface area contributed by atoms with Crippen LogP contribution in [-0.4, -0.2) is 41.3 Å². The van der Waals surface area contributed by atoms with Gasteiger partial charge in [-0.2, -0.15) is 31.3 Å². The summed E-state index contributed by atoms with van der Waals surface area (Å²) in [7, 11) is 0. The zero-order valence-corrected chi connectivity index (χ0v) is 12.0.